The van der Waals surface area contributed by atoms with E-state index >= 15 is 0 Å². The number of aliphatic hydroxyl groups is 3. The number of hydrogen-bond acceptors (Lipinski definition) is 10. The van der Waals surface area contributed by atoms with Crippen molar-refractivity contribution < 1.29 is 15.3 Å². The Labute approximate surface area is 194 Å². The Morgan fingerprint density at radius 2 is 1.27 bits per heavy atom. The summed E-state index contributed by atoms with van der Waals surface area (Å²) < 4.78 is 0. The number of pyridine rings is 1. The average molecular weight is 456 g/mol. The molecule has 0 aliphatic heterocycles. The molecule has 1 saturated carbocycles. The highest BCUT2D eigenvalue weighted by Crippen LogP contribution is 2.41. The number of aromatic nitrogens is 1. The largest absolute Gasteiger partial charge is 0.382 e. The first-order valence-corrected chi connectivity index (χ1v) is 11.5. The van der Waals surface area contributed by atoms with E-state index in [4.69, 9.17) is 20.8 Å². The number of hydrogen-bond donors (Lipinski definition) is 6. The Morgan fingerprint density at radius 1 is 0.788 bits per heavy atom. The Balaban J connectivity index is 2.34. The molecule has 10 heteroatoms. The van der Waals surface area contributed by atoms with Gasteiger partial charge in [0.1, 0.15) is 18.3 Å². The maximum Gasteiger partial charge on any atom is 0.142 e. The second kappa shape index (κ2) is 14.1. The lowest BCUT2D eigenvalue weighted by atomic mass is 9.85. The van der Waals surface area contributed by atoms with E-state index in [0.717, 1.165) is 37.1 Å². The van der Waals surface area contributed by atoms with Crippen LogP contribution in [0.25, 0.3) is 0 Å². The van der Waals surface area contributed by atoms with E-state index in [1.165, 1.54) is 6.42 Å². The Kier molecular flexibility index (Phi) is 11.2. The maximum absolute atomic E-state index is 9.65. The molecule has 1 aromatic heterocycles. The van der Waals surface area contributed by atoms with Gasteiger partial charge in [-0.05, 0) is 12.8 Å². The summed E-state index contributed by atoms with van der Waals surface area (Å²) in [5, 5.41) is 65.2. The number of aliphatic hydroxyl groups excluding tert-OH is 3. The molecule has 6 N–H and O–H groups in total. The second-order valence-electron chi connectivity index (χ2n) is 8.22. The predicted octanol–water partition coefficient (Wildman–Crippen LogP) is 2.19. The minimum Gasteiger partial charge on any atom is -0.382 e. The van der Waals surface area contributed by atoms with Crippen molar-refractivity contribution in [2.75, 3.05) is 35.6 Å². The zero-order valence-electron chi connectivity index (χ0n) is 18.8. The standard InChI is InChI=1S/C23H33N7O3/c24-12-17(31)6-9-27-20-15-30-21(16-4-2-1-3-5-16)23(29-11-8-19(33)14-26)22(20)28-10-7-18(32)13-25/h15-19,27,29,31-33H,1-11H2,(H,28,30). The van der Waals surface area contributed by atoms with Crippen molar-refractivity contribution in [2.24, 2.45) is 0 Å². The van der Waals surface area contributed by atoms with Crippen LogP contribution in [-0.2, 0) is 0 Å². The van der Waals surface area contributed by atoms with E-state index in [1.54, 1.807) is 18.3 Å². The molecule has 1 aliphatic carbocycles. The van der Waals surface area contributed by atoms with E-state index in [-0.39, 0.29) is 25.2 Å². The molecule has 3 atom stereocenters. The Hall–Kier alpha value is -3.10. The first kappa shape index (κ1) is 26.2. The maximum atomic E-state index is 9.65. The van der Waals surface area contributed by atoms with E-state index < -0.39 is 18.3 Å². The fourth-order valence-corrected chi connectivity index (χ4v) is 3.91. The van der Waals surface area contributed by atoms with Crippen LogP contribution in [0, 0.1) is 34.0 Å². The van der Waals surface area contributed by atoms with Crippen molar-refractivity contribution in [2.45, 2.75) is 75.6 Å². The topological polar surface area (TPSA) is 181 Å². The summed E-state index contributed by atoms with van der Waals surface area (Å²) in [6.07, 6.45) is 4.73. The predicted molar refractivity (Wildman–Crippen MR) is 124 cm³/mol. The third-order valence-corrected chi connectivity index (χ3v) is 5.72. The summed E-state index contributed by atoms with van der Waals surface area (Å²) in [6.45, 7) is 1.05. The summed E-state index contributed by atoms with van der Waals surface area (Å²) in [4.78, 5) is 4.74. The molecule has 3 unspecified atom stereocenters. The van der Waals surface area contributed by atoms with E-state index in [1.807, 2.05) is 6.07 Å². The summed E-state index contributed by atoms with van der Waals surface area (Å²) >= 11 is 0. The van der Waals surface area contributed by atoms with Gasteiger partial charge >= 0.3 is 0 Å². The van der Waals surface area contributed by atoms with E-state index in [2.05, 4.69) is 16.0 Å². The quantitative estimate of drug-likeness (QED) is 0.241. The Bertz CT molecular complexity index is 869. The first-order chi connectivity index (χ1) is 16.0. The van der Waals surface area contributed by atoms with Crippen LogP contribution in [-0.4, -0.2) is 58.2 Å². The zero-order chi connectivity index (χ0) is 24.1. The third-order valence-electron chi connectivity index (χ3n) is 5.72. The van der Waals surface area contributed by atoms with Crippen molar-refractivity contribution in [3.63, 3.8) is 0 Å². The normalized spacial score (nSPS) is 16.5. The van der Waals surface area contributed by atoms with Crippen LogP contribution >= 0.6 is 0 Å². The van der Waals surface area contributed by atoms with Gasteiger partial charge in [-0.25, -0.2) is 0 Å². The molecule has 0 bridgehead atoms. The molecule has 1 heterocycles. The molecule has 10 nitrogen and oxygen atoms in total. The minimum atomic E-state index is -1.08. The summed E-state index contributed by atoms with van der Waals surface area (Å²) in [7, 11) is 0. The molecule has 1 aliphatic rings. The monoisotopic (exact) mass is 455 g/mol. The van der Waals surface area contributed by atoms with Crippen molar-refractivity contribution in [3.8, 4) is 18.2 Å². The highest BCUT2D eigenvalue weighted by Gasteiger charge is 2.24. The highest BCUT2D eigenvalue weighted by molar-refractivity contribution is 5.84. The van der Waals surface area contributed by atoms with Crippen LogP contribution in [0.4, 0.5) is 17.1 Å². The van der Waals surface area contributed by atoms with Crippen LogP contribution in [0.1, 0.15) is 63.0 Å². The molecule has 1 fully saturated rings. The number of rotatable bonds is 13. The molecule has 0 spiro atoms. The van der Waals surface area contributed by atoms with Crippen molar-refractivity contribution in [1.82, 2.24) is 4.98 Å². The number of nitrogens with zero attached hydrogens (tertiary/aromatic N) is 4. The molecule has 0 saturated heterocycles. The van der Waals surface area contributed by atoms with Gasteiger partial charge in [-0.3, -0.25) is 4.98 Å². The van der Waals surface area contributed by atoms with Crippen LogP contribution in [0.2, 0.25) is 0 Å². The summed E-state index contributed by atoms with van der Waals surface area (Å²) in [5.41, 5.74) is 3.06. The van der Waals surface area contributed by atoms with Crippen LogP contribution in [0.15, 0.2) is 6.20 Å². The molecular weight excluding hydrogens is 422 g/mol. The van der Waals surface area contributed by atoms with Gasteiger partial charge in [0, 0.05) is 44.8 Å². The summed E-state index contributed by atoms with van der Waals surface area (Å²) in [5.74, 6) is 0.279. The zero-order valence-corrected chi connectivity index (χ0v) is 18.8. The smallest absolute Gasteiger partial charge is 0.142 e. The average Bonchev–Trinajstić information content (AvgIpc) is 2.85. The molecule has 2 rings (SSSR count). The molecule has 33 heavy (non-hydrogen) atoms. The summed E-state index contributed by atoms with van der Waals surface area (Å²) in [6, 6.07) is 5.41. The third kappa shape index (κ3) is 8.40. The van der Waals surface area contributed by atoms with Gasteiger partial charge in [0.15, 0.2) is 0 Å². The number of nitriles is 3. The molecule has 0 amide bonds. The lowest BCUT2D eigenvalue weighted by molar-refractivity contribution is 0.223. The van der Waals surface area contributed by atoms with Gasteiger partial charge in [0.25, 0.3) is 0 Å². The van der Waals surface area contributed by atoms with Gasteiger partial charge in [-0.2, -0.15) is 15.8 Å². The van der Waals surface area contributed by atoms with Gasteiger partial charge in [0.2, 0.25) is 0 Å². The Morgan fingerprint density at radius 3 is 1.79 bits per heavy atom. The van der Waals surface area contributed by atoms with E-state index in [9.17, 15) is 15.3 Å². The number of nitrogens with one attached hydrogen (secondary N) is 3. The molecule has 0 aromatic carbocycles. The van der Waals surface area contributed by atoms with Crippen LogP contribution in [0.3, 0.4) is 0 Å². The highest BCUT2D eigenvalue weighted by atomic mass is 16.3. The minimum absolute atomic E-state index is 0.233. The van der Waals surface area contributed by atoms with Crippen LogP contribution in [0.5, 0.6) is 0 Å². The fraction of sp³-hybridized carbons (Fsp3) is 0.652. The molecule has 1 aromatic rings. The second-order valence-corrected chi connectivity index (χ2v) is 8.22. The molecule has 0 radical (unpaired) electrons. The molecular formula is C23H33N7O3. The van der Waals surface area contributed by atoms with Crippen molar-refractivity contribution >= 4 is 17.1 Å². The lowest BCUT2D eigenvalue weighted by Gasteiger charge is -2.27. The van der Waals surface area contributed by atoms with Crippen molar-refractivity contribution in [3.05, 3.63) is 11.9 Å². The van der Waals surface area contributed by atoms with Gasteiger partial charge in [-0.15, -0.1) is 0 Å². The van der Waals surface area contributed by atoms with Crippen LogP contribution < -0.4 is 16.0 Å². The van der Waals surface area contributed by atoms with E-state index in [0.29, 0.717) is 31.0 Å². The van der Waals surface area contributed by atoms with Gasteiger partial charge < -0.3 is 31.3 Å². The molecule has 178 valence electrons. The van der Waals surface area contributed by atoms with Gasteiger partial charge in [0.05, 0.1) is 47.2 Å². The number of anilines is 3. The SMILES string of the molecule is N#CC(O)CCNc1cnc(C2CCCCC2)c(NCCC(O)C#N)c1NCCC(O)C#N. The lowest BCUT2D eigenvalue weighted by Crippen LogP contribution is -2.20. The first-order valence-electron chi connectivity index (χ1n) is 11.5. The van der Waals surface area contributed by atoms with Crippen molar-refractivity contribution in [1.29, 1.82) is 15.8 Å². The van der Waals surface area contributed by atoms with Gasteiger partial charge in [-0.1, -0.05) is 19.3 Å². The fourth-order valence-electron chi connectivity index (χ4n) is 3.91.